The third-order valence-electron chi connectivity index (χ3n) is 5.28. The summed E-state index contributed by atoms with van der Waals surface area (Å²) in [5.74, 6) is 1.72. The van der Waals surface area contributed by atoms with Gasteiger partial charge in [0, 0.05) is 29.9 Å². The van der Waals surface area contributed by atoms with E-state index in [1.54, 1.807) is 13.8 Å². The number of nitrogen functional groups attached to an aromatic ring is 1. The van der Waals surface area contributed by atoms with E-state index in [9.17, 15) is 13.2 Å². The van der Waals surface area contributed by atoms with E-state index in [1.165, 1.54) is 6.07 Å². The van der Waals surface area contributed by atoms with E-state index >= 15 is 0 Å². The molecule has 3 aromatic rings. The number of aromatic nitrogens is 2. The minimum Gasteiger partial charge on any atom is -0.485 e. The molecule has 1 aliphatic heterocycles. The van der Waals surface area contributed by atoms with Gasteiger partial charge < -0.3 is 20.7 Å². The highest BCUT2D eigenvalue weighted by atomic mass is 19.4. The first-order chi connectivity index (χ1) is 14.5. The van der Waals surface area contributed by atoms with E-state index in [0.717, 1.165) is 28.9 Å². The Hall–Kier alpha value is -3.49. The number of anilines is 3. The number of fused-ring (bicyclic) bond motifs is 2. The van der Waals surface area contributed by atoms with Crippen molar-refractivity contribution in [1.82, 2.24) is 9.97 Å². The molecule has 2 aromatic carbocycles. The fraction of sp³-hybridized carbons (Fsp3) is 0.273. The second-order valence-corrected chi connectivity index (χ2v) is 7.62. The average Bonchev–Trinajstić information content (AvgIpc) is 2.68. The maximum Gasteiger partial charge on any atom is 0.416 e. The number of alkyl halides is 3. The highest BCUT2D eigenvalue weighted by Gasteiger charge is 2.31. The standard InChI is InChI=1S/C22H22F3N5O/c1-11-10-31-20-9-18-17(8-19(20)30(11)4)21(29-13(3)28-18)27-12(2)14-5-15(22(23,24)25)7-16(26)6-14/h5-9,12H,1,10,26H2,2-4H3,(H,27,28,29)/t12-/m1/s1. The molecule has 0 radical (unpaired) electrons. The number of likely N-dealkylation sites (N-methyl/N-ethyl adjacent to an activating group) is 1. The van der Waals surface area contributed by atoms with Crippen LogP contribution in [0.4, 0.5) is 30.4 Å². The number of aryl methyl sites for hydroxylation is 1. The molecule has 31 heavy (non-hydrogen) atoms. The van der Waals surface area contributed by atoms with Crippen LogP contribution >= 0.6 is 0 Å². The first-order valence-electron chi connectivity index (χ1n) is 9.64. The lowest BCUT2D eigenvalue weighted by atomic mass is 10.0. The van der Waals surface area contributed by atoms with Crippen molar-refractivity contribution in [3.8, 4) is 5.75 Å². The summed E-state index contributed by atoms with van der Waals surface area (Å²) in [5.41, 5.74) is 7.69. The molecule has 9 heteroatoms. The molecule has 0 bridgehead atoms. The molecule has 0 spiro atoms. The average molecular weight is 429 g/mol. The second-order valence-electron chi connectivity index (χ2n) is 7.62. The smallest absolute Gasteiger partial charge is 0.416 e. The molecule has 1 atom stereocenters. The first-order valence-corrected chi connectivity index (χ1v) is 9.64. The summed E-state index contributed by atoms with van der Waals surface area (Å²) in [4.78, 5) is 10.9. The largest absolute Gasteiger partial charge is 0.485 e. The number of nitrogens with two attached hydrogens (primary N) is 1. The van der Waals surface area contributed by atoms with Crippen LogP contribution in [0.5, 0.6) is 5.75 Å². The molecule has 3 N–H and O–H groups in total. The second kappa shape index (κ2) is 7.33. The number of nitrogens with zero attached hydrogens (tertiary/aromatic N) is 3. The van der Waals surface area contributed by atoms with Crippen LogP contribution in [0.25, 0.3) is 10.9 Å². The predicted octanol–water partition coefficient (Wildman–Crippen LogP) is 5.05. The molecule has 6 nitrogen and oxygen atoms in total. The fourth-order valence-corrected chi connectivity index (χ4v) is 3.56. The van der Waals surface area contributed by atoms with Gasteiger partial charge in [-0.1, -0.05) is 6.58 Å². The summed E-state index contributed by atoms with van der Waals surface area (Å²) in [6.07, 6.45) is -4.48. The van der Waals surface area contributed by atoms with E-state index in [2.05, 4.69) is 21.9 Å². The number of hydrogen-bond donors (Lipinski definition) is 2. The van der Waals surface area contributed by atoms with Crippen LogP contribution in [0.2, 0.25) is 0 Å². The maximum atomic E-state index is 13.2. The van der Waals surface area contributed by atoms with Gasteiger partial charge >= 0.3 is 6.18 Å². The Morgan fingerprint density at radius 1 is 1.19 bits per heavy atom. The molecule has 162 valence electrons. The van der Waals surface area contributed by atoms with Crippen LogP contribution in [0.15, 0.2) is 42.6 Å². The van der Waals surface area contributed by atoms with Crippen molar-refractivity contribution in [2.75, 3.05) is 29.6 Å². The normalized spacial score (nSPS) is 14.9. The van der Waals surface area contributed by atoms with Gasteiger partial charge in [-0.15, -0.1) is 0 Å². The number of halogens is 3. The third kappa shape index (κ3) is 3.95. The van der Waals surface area contributed by atoms with Crippen LogP contribution in [-0.2, 0) is 6.18 Å². The SMILES string of the molecule is C=C1COc2cc3nc(C)nc(N[C@H](C)c4cc(N)cc(C(F)(F)F)c4)c3cc2N1C. The Bertz CT molecular complexity index is 1190. The summed E-state index contributed by atoms with van der Waals surface area (Å²) < 4.78 is 45.4. The molecule has 1 aliphatic rings. The quantitative estimate of drug-likeness (QED) is 0.567. The van der Waals surface area contributed by atoms with E-state index < -0.39 is 17.8 Å². The molecular formula is C22H22F3N5O. The van der Waals surface area contributed by atoms with Crippen molar-refractivity contribution in [1.29, 1.82) is 0 Å². The fourth-order valence-electron chi connectivity index (χ4n) is 3.56. The lowest BCUT2D eigenvalue weighted by molar-refractivity contribution is -0.137. The summed E-state index contributed by atoms with van der Waals surface area (Å²) in [7, 11) is 1.89. The molecule has 4 rings (SSSR count). The molecule has 1 aromatic heterocycles. The Labute approximate surface area is 177 Å². The topological polar surface area (TPSA) is 76.3 Å². The summed E-state index contributed by atoms with van der Waals surface area (Å²) >= 11 is 0. The van der Waals surface area contributed by atoms with Crippen molar-refractivity contribution in [3.05, 3.63) is 59.6 Å². The van der Waals surface area contributed by atoms with Gasteiger partial charge in [-0.25, -0.2) is 9.97 Å². The van der Waals surface area contributed by atoms with Crippen LogP contribution in [-0.4, -0.2) is 23.6 Å². The van der Waals surface area contributed by atoms with Crippen LogP contribution in [0.1, 0.15) is 29.9 Å². The van der Waals surface area contributed by atoms with E-state index in [-0.39, 0.29) is 5.69 Å². The maximum absolute atomic E-state index is 13.2. The van der Waals surface area contributed by atoms with Crippen LogP contribution in [0, 0.1) is 6.92 Å². The summed E-state index contributed by atoms with van der Waals surface area (Å²) in [6, 6.07) is 6.79. The van der Waals surface area contributed by atoms with Crippen LogP contribution in [0.3, 0.4) is 0 Å². The Morgan fingerprint density at radius 3 is 2.65 bits per heavy atom. The lowest BCUT2D eigenvalue weighted by Crippen LogP contribution is -2.26. The van der Waals surface area contributed by atoms with Gasteiger partial charge in [0.15, 0.2) is 0 Å². The van der Waals surface area contributed by atoms with Gasteiger partial charge in [0.05, 0.1) is 22.8 Å². The summed E-state index contributed by atoms with van der Waals surface area (Å²) in [5, 5.41) is 3.95. The Morgan fingerprint density at radius 2 is 1.94 bits per heavy atom. The highest BCUT2D eigenvalue weighted by molar-refractivity contribution is 5.94. The molecular weight excluding hydrogens is 407 g/mol. The molecule has 0 saturated carbocycles. The number of hydrogen-bond acceptors (Lipinski definition) is 6. The van der Waals surface area contributed by atoms with Gasteiger partial charge in [-0.05, 0) is 43.7 Å². The van der Waals surface area contributed by atoms with E-state index in [0.29, 0.717) is 35.1 Å². The van der Waals surface area contributed by atoms with Gasteiger partial charge in [-0.2, -0.15) is 13.2 Å². The van der Waals surface area contributed by atoms with Crippen molar-refractivity contribution >= 4 is 28.1 Å². The molecule has 0 amide bonds. The van der Waals surface area contributed by atoms with Crippen molar-refractivity contribution in [3.63, 3.8) is 0 Å². The Kier molecular flexibility index (Phi) is 4.91. The van der Waals surface area contributed by atoms with E-state index in [4.69, 9.17) is 10.5 Å². The van der Waals surface area contributed by atoms with Gasteiger partial charge in [-0.3, -0.25) is 0 Å². The zero-order chi connectivity index (χ0) is 22.5. The highest BCUT2D eigenvalue weighted by Crippen LogP contribution is 2.39. The molecule has 0 aliphatic carbocycles. The molecule has 0 saturated heterocycles. The zero-order valence-corrected chi connectivity index (χ0v) is 17.3. The number of ether oxygens (including phenoxy) is 1. The first kappa shape index (κ1) is 20.8. The van der Waals surface area contributed by atoms with Crippen molar-refractivity contribution < 1.29 is 17.9 Å². The third-order valence-corrected chi connectivity index (χ3v) is 5.28. The molecule has 0 unspecified atom stereocenters. The minimum absolute atomic E-state index is 0.0496. The number of benzene rings is 2. The van der Waals surface area contributed by atoms with Crippen molar-refractivity contribution in [2.45, 2.75) is 26.1 Å². The van der Waals surface area contributed by atoms with Gasteiger partial charge in [0.1, 0.15) is 24.0 Å². The zero-order valence-electron chi connectivity index (χ0n) is 17.3. The van der Waals surface area contributed by atoms with Crippen molar-refractivity contribution in [2.24, 2.45) is 0 Å². The molecule has 0 fully saturated rings. The summed E-state index contributed by atoms with van der Waals surface area (Å²) in [6.45, 7) is 7.89. The van der Waals surface area contributed by atoms with Crippen LogP contribution < -0.4 is 20.7 Å². The Balaban J connectivity index is 1.76. The van der Waals surface area contributed by atoms with E-state index in [1.807, 2.05) is 24.1 Å². The minimum atomic E-state index is -4.48. The van der Waals surface area contributed by atoms with Gasteiger partial charge in [0.25, 0.3) is 0 Å². The monoisotopic (exact) mass is 429 g/mol. The number of nitrogens with one attached hydrogen (secondary N) is 1. The number of rotatable bonds is 3. The molecule has 2 heterocycles. The van der Waals surface area contributed by atoms with Gasteiger partial charge in [0.2, 0.25) is 0 Å². The predicted molar refractivity (Wildman–Crippen MR) is 115 cm³/mol. The lowest BCUT2D eigenvalue weighted by Gasteiger charge is -2.30.